The van der Waals surface area contributed by atoms with Gasteiger partial charge in [0.05, 0.1) is 0 Å². The van der Waals surface area contributed by atoms with Crippen molar-refractivity contribution < 1.29 is 14.4 Å². The van der Waals surface area contributed by atoms with E-state index in [9.17, 15) is 14.4 Å². The van der Waals surface area contributed by atoms with Crippen molar-refractivity contribution >= 4 is 18.2 Å². The van der Waals surface area contributed by atoms with Gasteiger partial charge in [-0.1, -0.05) is 20.3 Å². The van der Waals surface area contributed by atoms with Crippen LogP contribution in [0.15, 0.2) is 0 Å². The van der Waals surface area contributed by atoms with Gasteiger partial charge in [0.25, 0.3) is 0 Å². The van der Waals surface area contributed by atoms with Crippen LogP contribution in [0, 0.1) is 0 Å². The van der Waals surface area contributed by atoms with Crippen LogP contribution in [0.2, 0.25) is 0 Å². The molecule has 0 radical (unpaired) electrons. The molecule has 6 heteroatoms. The first-order chi connectivity index (χ1) is 9.63. The largest absolute Gasteiger partial charge is 0.342 e. The van der Waals surface area contributed by atoms with Gasteiger partial charge in [-0.3, -0.25) is 14.4 Å². The lowest BCUT2D eigenvalue weighted by molar-refractivity contribution is -0.153. The molecule has 0 spiro atoms. The van der Waals surface area contributed by atoms with Gasteiger partial charge >= 0.3 is 11.8 Å². The fourth-order valence-corrected chi connectivity index (χ4v) is 2.23. The zero-order valence-electron chi connectivity index (χ0n) is 12.5. The Hall–Kier alpha value is -1.59. The summed E-state index contributed by atoms with van der Waals surface area (Å²) < 4.78 is 0. The first-order valence-electron chi connectivity index (χ1n) is 7.41. The quantitative estimate of drug-likeness (QED) is 0.521. The van der Waals surface area contributed by atoms with Crippen LogP contribution >= 0.6 is 0 Å². The highest BCUT2D eigenvalue weighted by molar-refractivity contribution is 6.34. The highest BCUT2D eigenvalue weighted by Gasteiger charge is 2.28. The Balaban J connectivity index is 2.55. The molecule has 0 aromatic carbocycles. The number of unbranched alkanes of at least 4 members (excludes halogenated alkanes) is 1. The molecule has 0 aliphatic carbocycles. The third-order valence-corrected chi connectivity index (χ3v) is 3.50. The molecular weight excluding hydrogens is 258 g/mol. The van der Waals surface area contributed by atoms with Crippen LogP contribution in [-0.4, -0.2) is 72.2 Å². The molecule has 1 heterocycles. The van der Waals surface area contributed by atoms with E-state index in [-0.39, 0.29) is 0 Å². The maximum Gasteiger partial charge on any atom is 0.312 e. The van der Waals surface area contributed by atoms with Crippen molar-refractivity contribution in [3.8, 4) is 0 Å². The second-order valence-corrected chi connectivity index (χ2v) is 5.08. The second-order valence-electron chi connectivity index (χ2n) is 5.08. The lowest BCUT2D eigenvalue weighted by Crippen LogP contribution is -2.53. The summed E-state index contributed by atoms with van der Waals surface area (Å²) in [6, 6.07) is 0. The fourth-order valence-electron chi connectivity index (χ4n) is 2.23. The van der Waals surface area contributed by atoms with E-state index in [0.29, 0.717) is 39.3 Å². The number of amides is 3. The Labute approximate surface area is 120 Å². The van der Waals surface area contributed by atoms with E-state index in [2.05, 4.69) is 6.92 Å². The van der Waals surface area contributed by atoms with Crippen LogP contribution in [0.25, 0.3) is 0 Å². The maximum atomic E-state index is 12.2. The Morgan fingerprint density at radius 1 is 1.05 bits per heavy atom. The second kappa shape index (κ2) is 8.55. The van der Waals surface area contributed by atoms with Crippen LogP contribution in [0.5, 0.6) is 0 Å². The van der Waals surface area contributed by atoms with Crippen molar-refractivity contribution in [1.29, 1.82) is 0 Å². The minimum absolute atomic E-state index is 0.403. The monoisotopic (exact) mass is 283 g/mol. The Morgan fingerprint density at radius 3 is 2.20 bits per heavy atom. The highest BCUT2D eigenvalue weighted by Crippen LogP contribution is 2.05. The predicted molar refractivity (Wildman–Crippen MR) is 76.0 cm³/mol. The van der Waals surface area contributed by atoms with Crippen LogP contribution in [0.4, 0.5) is 0 Å². The molecule has 1 saturated heterocycles. The van der Waals surface area contributed by atoms with E-state index in [1.54, 1.807) is 14.7 Å². The summed E-state index contributed by atoms with van der Waals surface area (Å²) in [6.45, 7) is 7.22. The van der Waals surface area contributed by atoms with Gasteiger partial charge in [0, 0.05) is 39.3 Å². The van der Waals surface area contributed by atoms with E-state index in [1.807, 2.05) is 6.92 Å². The molecule has 6 nitrogen and oxygen atoms in total. The average molecular weight is 283 g/mol. The molecule has 1 fully saturated rings. The molecule has 3 amide bonds. The summed E-state index contributed by atoms with van der Waals surface area (Å²) in [5, 5.41) is 0. The lowest BCUT2D eigenvalue weighted by Gasteiger charge is -2.33. The topological polar surface area (TPSA) is 60.9 Å². The normalized spacial score (nSPS) is 15.1. The Kier molecular flexibility index (Phi) is 7.04. The van der Waals surface area contributed by atoms with Crippen LogP contribution in [0.1, 0.15) is 33.1 Å². The standard InChI is InChI=1S/C14H25N3O3/c1-3-5-7-16(6-4-2)13(19)14(20)17-10-8-15(12-18)9-11-17/h12H,3-11H2,1-2H3. The van der Waals surface area contributed by atoms with E-state index in [4.69, 9.17) is 0 Å². The smallest absolute Gasteiger partial charge is 0.312 e. The van der Waals surface area contributed by atoms with Crippen molar-refractivity contribution in [2.75, 3.05) is 39.3 Å². The average Bonchev–Trinajstić information content (AvgIpc) is 2.50. The number of carbonyl (C=O) groups excluding carboxylic acids is 3. The number of rotatable bonds is 6. The van der Waals surface area contributed by atoms with Crippen molar-refractivity contribution in [3.63, 3.8) is 0 Å². The van der Waals surface area contributed by atoms with Gasteiger partial charge in [0.15, 0.2) is 0 Å². The third-order valence-electron chi connectivity index (χ3n) is 3.50. The van der Waals surface area contributed by atoms with Gasteiger partial charge in [-0.2, -0.15) is 0 Å². The summed E-state index contributed by atoms with van der Waals surface area (Å²) in [6.07, 6.45) is 3.55. The number of nitrogens with zero attached hydrogens (tertiary/aromatic N) is 3. The molecule has 0 aromatic heterocycles. The molecule has 0 aromatic rings. The predicted octanol–water partition coefficient (Wildman–Crippen LogP) is 0.326. The van der Waals surface area contributed by atoms with Crippen molar-refractivity contribution in [2.45, 2.75) is 33.1 Å². The van der Waals surface area contributed by atoms with Gasteiger partial charge in [-0.15, -0.1) is 0 Å². The number of carbonyl (C=O) groups is 3. The van der Waals surface area contributed by atoms with Gasteiger partial charge in [0.2, 0.25) is 6.41 Å². The zero-order chi connectivity index (χ0) is 15.0. The SMILES string of the molecule is CCCCN(CCC)C(=O)C(=O)N1CCN(C=O)CC1. The van der Waals surface area contributed by atoms with Crippen LogP contribution in [0.3, 0.4) is 0 Å². The molecule has 1 aliphatic rings. The maximum absolute atomic E-state index is 12.2. The first kappa shape index (κ1) is 16.5. The number of hydrogen-bond donors (Lipinski definition) is 0. The summed E-state index contributed by atoms with van der Waals surface area (Å²) in [7, 11) is 0. The van der Waals surface area contributed by atoms with E-state index >= 15 is 0 Å². The van der Waals surface area contributed by atoms with Crippen molar-refractivity contribution in [1.82, 2.24) is 14.7 Å². The molecule has 114 valence electrons. The van der Waals surface area contributed by atoms with Crippen molar-refractivity contribution in [3.05, 3.63) is 0 Å². The molecule has 0 unspecified atom stereocenters. The van der Waals surface area contributed by atoms with Crippen molar-refractivity contribution in [2.24, 2.45) is 0 Å². The molecular formula is C14H25N3O3. The van der Waals surface area contributed by atoms with Crippen LogP contribution in [-0.2, 0) is 14.4 Å². The molecule has 0 atom stereocenters. The van der Waals surface area contributed by atoms with E-state index < -0.39 is 11.8 Å². The molecule has 0 N–H and O–H groups in total. The highest BCUT2D eigenvalue weighted by atomic mass is 16.2. The zero-order valence-corrected chi connectivity index (χ0v) is 12.5. The molecule has 1 rings (SSSR count). The molecule has 0 saturated carbocycles. The van der Waals surface area contributed by atoms with E-state index in [0.717, 1.165) is 25.7 Å². The first-order valence-corrected chi connectivity index (χ1v) is 7.41. The van der Waals surface area contributed by atoms with Gasteiger partial charge in [-0.25, -0.2) is 0 Å². The van der Waals surface area contributed by atoms with Gasteiger partial charge in [-0.05, 0) is 12.8 Å². The molecule has 0 bridgehead atoms. The molecule has 20 heavy (non-hydrogen) atoms. The van der Waals surface area contributed by atoms with E-state index in [1.165, 1.54) is 0 Å². The van der Waals surface area contributed by atoms with Crippen LogP contribution < -0.4 is 0 Å². The lowest BCUT2D eigenvalue weighted by atomic mass is 10.2. The summed E-state index contributed by atoms with van der Waals surface area (Å²) in [5.74, 6) is -0.833. The van der Waals surface area contributed by atoms with Gasteiger partial charge < -0.3 is 14.7 Å². The summed E-state index contributed by atoms with van der Waals surface area (Å²) in [5.41, 5.74) is 0. The Morgan fingerprint density at radius 2 is 1.70 bits per heavy atom. The molecule has 1 aliphatic heterocycles. The summed E-state index contributed by atoms with van der Waals surface area (Å²) >= 11 is 0. The fraction of sp³-hybridized carbons (Fsp3) is 0.786. The number of piperazine rings is 1. The summed E-state index contributed by atoms with van der Waals surface area (Å²) in [4.78, 5) is 39.9. The third kappa shape index (κ3) is 4.51. The minimum Gasteiger partial charge on any atom is -0.342 e. The van der Waals surface area contributed by atoms with Gasteiger partial charge in [0.1, 0.15) is 0 Å². The number of hydrogen-bond acceptors (Lipinski definition) is 3. The minimum atomic E-state index is -0.430. The Bertz CT molecular complexity index is 339.